The lowest BCUT2D eigenvalue weighted by Crippen LogP contribution is -2.31. The van der Waals surface area contributed by atoms with Gasteiger partial charge in [-0.15, -0.1) is 0 Å². The summed E-state index contributed by atoms with van der Waals surface area (Å²) < 4.78 is 34.2. The molecule has 0 spiro atoms. The van der Waals surface area contributed by atoms with E-state index in [1.807, 2.05) is 0 Å². The number of carbonyl (C=O) groups is 1. The van der Waals surface area contributed by atoms with E-state index in [4.69, 9.17) is 4.74 Å². The Bertz CT molecular complexity index is 1090. The van der Waals surface area contributed by atoms with Gasteiger partial charge in [0.05, 0.1) is 11.1 Å². The molecule has 1 aromatic heterocycles. The third-order valence-corrected chi connectivity index (χ3v) is 6.31. The fraction of sp³-hybridized carbons (Fsp3) is 0.200. The van der Waals surface area contributed by atoms with Gasteiger partial charge in [-0.1, -0.05) is 23.5 Å². The third-order valence-electron chi connectivity index (χ3n) is 4.29. The molecule has 1 atom stereocenters. The van der Waals surface area contributed by atoms with Crippen LogP contribution >= 0.6 is 11.3 Å². The Kier molecular flexibility index (Phi) is 6.07. The number of halogens is 1. The van der Waals surface area contributed by atoms with E-state index >= 15 is 0 Å². The van der Waals surface area contributed by atoms with Gasteiger partial charge in [-0.2, -0.15) is 0 Å². The van der Waals surface area contributed by atoms with Crippen molar-refractivity contribution in [1.29, 1.82) is 0 Å². The quantitative estimate of drug-likeness (QED) is 0.559. The summed E-state index contributed by atoms with van der Waals surface area (Å²) in [6.07, 6.45) is 3.53. The second kappa shape index (κ2) is 8.90. The number of aromatic nitrogens is 1. The highest BCUT2D eigenvalue weighted by Crippen LogP contribution is 2.31. The molecule has 0 radical (unpaired) electrons. The van der Waals surface area contributed by atoms with Crippen molar-refractivity contribution in [2.45, 2.75) is 23.8 Å². The number of hydrogen-bond donors (Lipinski definition) is 2. The molecule has 1 aliphatic rings. The van der Waals surface area contributed by atoms with Crippen LogP contribution in [-0.2, 0) is 11.0 Å². The van der Waals surface area contributed by atoms with E-state index < -0.39 is 22.8 Å². The predicted molar refractivity (Wildman–Crippen MR) is 115 cm³/mol. The molecular formula is C20H19FN4O3S2. The highest BCUT2D eigenvalue weighted by atomic mass is 32.2. The molecule has 0 saturated heterocycles. The topological polar surface area (TPSA) is 83.6 Å². The largest absolute Gasteiger partial charge is 0.445 e. The lowest BCUT2D eigenvalue weighted by molar-refractivity contribution is 0.258. The highest BCUT2D eigenvalue weighted by Gasteiger charge is 2.24. The Morgan fingerprint density at radius 1 is 1.27 bits per heavy atom. The molecule has 156 valence electrons. The lowest BCUT2D eigenvalue weighted by Gasteiger charge is -2.18. The van der Waals surface area contributed by atoms with Crippen molar-refractivity contribution in [3.63, 3.8) is 0 Å². The number of thiazole rings is 1. The van der Waals surface area contributed by atoms with Crippen LogP contribution in [0, 0.1) is 5.82 Å². The molecule has 1 aliphatic carbocycles. The van der Waals surface area contributed by atoms with Crippen LogP contribution < -0.4 is 19.7 Å². The van der Waals surface area contributed by atoms with Crippen molar-refractivity contribution in [1.82, 2.24) is 9.71 Å². The molecule has 0 bridgehead atoms. The normalized spacial score (nSPS) is 14.2. The molecular weight excluding hydrogens is 427 g/mol. The summed E-state index contributed by atoms with van der Waals surface area (Å²) in [5, 5.41) is 3.46. The standard InChI is InChI=1S/C20H19FN4O3S2/c1-25(15-5-3-7-17(11-15)30(27)24-14-8-9-14)20(26)23-19-22-12-18(29-19)28-16-6-2-4-13(21)10-16/h2-7,10-12,14,24H,8-9H2,1H3,(H,22,23,26). The summed E-state index contributed by atoms with van der Waals surface area (Å²) in [7, 11) is 0.306. The average molecular weight is 447 g/mol. The van der Waals surface area contributed by atoms with Crippen molar-refractivity contribution in [2.24, 2.45) is 0 Å². The van der Waals surface area contributed by atoms with Gasteiger partial charge in [-0.05, 0) is 43.2 Å². The first-order chi connectivity index (χ1) is 14.5. The summed E-state index contributed by atoms with van der Waals surface area (Å²) in [5.74, 6) is -0.0547. The SMILES string of the molecule is CN(C(=O)Nc1ncc(Oc2cccc(F)c2)s1)c1cccc(S(=O)NC2CC2)c1. The van der Waals surface area contributed by atoms with Crippen molar-refractivity contribution < 1.29 is 18.1 Å². The minimum absolute atomic E-state index is 0.309. The van der Waals surface area contributed by atoms with Gasteiger partial charge in [-0.3, -0.25) is 10.2 Å². The molecule has 1 heterocycles. The van der Waals surface area contributed by atoms with Gasteiger partial charge in [0.15, 0.2) is 5.13 Å². The number of carbonyl (C=O) groups excluding carboxylic acids is 1. The van der Waals surface area contributed by atoms with Crippen LogP contribution in [0.4, 0.5) is 20.0 Å². The fourth-order valence-electron chi connectivity index (χ4n) is 2.53. The number of nitrogens with zero attached hydrogens (tertiary/aromatic N) is 2. The number of anilines is 2. The highest BCUT2D eigenvalue weighted by molar-refractivity contribution is 7.83. The van der Waals surface area contributed by atoms with Crippen LogP contribution in [0.2, 0.25) is 0 Å². The summed E-state index contributed by atoms with van der Waals surface area (Å²) in [6, 6.07) is 12.7. The number of nitrogens with one attached hydrogen (secondary N) is 2. The molecule has 2 N–H and O–H groups in total. The zero-order valence-corrected chi connectivity index (χ0v) is 17.6. The molecule has 0 aliphatic heterocycles. The summed E-state index contributed by atoms with van der Waals surface area (Å²) in [5.41, 5.74) is 0.601. The predicted octanol–water partition coefficient (Wildman–Crippen LogP) is 4.52. The molecule has 3 aromatic rings. The first-order valence-corrected chi connectivity index (χ1v) is 11.2. The Morgan fingerprint density at radius 2 is 2.07 bits per heavy atom. The monoisotopic (exact) mass is 446 g/mol. The summed E-state index contributed by atoms with van der Waals surface area (Å²) in [6.45, 7) is 0. The van der Waals surface area contributed by atoms with Crippen LogP contribution in [0.15, 0.2) is 59.6 Å². The van der Waals surface area contributed by atoms with E-state index in [0.717, 1.165) is 24.2 Å². The number of hydrogen-bond acceptors (Lipinski definition) is 5. The van der Waals surface area contributed by atoms with Gasteiger partial charge in [0.25, 0.3) is 0 Å². The number of benzene rings is 2. The third kappa shape index (κ3) is 5.21. The molecule has 7 nitrogen and oxygen atoms in total. The second-order valence-electron chi connectivity index (χ2n) is 6.69. The van der Waals surface area contributed by atoms with Crippen LogP contribution in [0.25, 0.3) is 0 Å². The minimum Gasteiger partial charge on any atom is -0.445 e. The first-order valence-electron chi connectivity index (χ1n) is 9.20. The van der Waals surface area contributed by atoms with Gasteiger partial charge in [0, 0.05) is 24.8 Å². The van der Waals surface area contributed by atoms with Gasteiger partial charge in [0.2, 0.25) is 5.06 Å². The molecule has 1 fully saturated rings. The number of ether oxygens (including phenoxy) is 1. The van der Waals surface area contributed by atoms with E-state index in [-0.39, 0.29) is 0 Å². The first kappa shape index (κ1) is 20.5. The van der Waals surface area contributed by atoms with Crippen molar-refractivity contribution in [3.8, 4) is 10.8 Å². The fourth-order valence-corrected chi connectivity index (χ4v) is 4.31. The van der Waals surface area contributed by atoms with E-state index in [1.54, 1.807) is 43.4 Å². The Labute approximate surface area is 179 Å². The zero-order chi connectivity index (χ0) is 21.1. The molecule has 10 heteroatoms. The van der Waals surface area contributed by atoms with Gasteiger partial charge < -0.3 is 4.74 Å². The van der Waals surface area contributed by atoms with Gasteiger partial charge in [0.1, 0.15) is 22.6 Å². The molecule has 2 amide bonds. The van der Waals surface area contributed by atoms with Crippen LogP contribution in [0.5, 0.6) is 10.8 Å². The maximum atomic E-state index is 13.3. The molecule has 30 heavy (non-hydrogen) atoms. The molecule has 1 saturated carbocycles. The van der Waals surface area contributed by atoms with E-state index in [9.17, 15) is 13.4 Å². The summed E-state index contributed by atoms with van der Waals surface area (Å²) in [4.78, 5) is 18.7. The Hall–Kier alpha value is -2.82. The molecule has 4 rings (SSSR count). The van der Waals surface area contributed by atoms with Gasteiger partial charge >= 0.3 is 6.03 Å². The minimum atomic E-state index is -1.31. The maximum Gasteiger partial charge on any atom is 0.327 e. The zero-order valence-electron chi connectivity index (χ0n) is 16.0. The van der Waals surface area contributed by atoms with Crippen LogP contribution in [0.3, 0.4) is 0 Å². The number of urea groups is 1. The van der Waals surface area contributed by atoms with Crippen LogP contribution in [-0.4, -0.2) is 28.3 Å². The van der Waals surface area contributed by atoms with Crippen molar-refractivity contribution >= 4 is 39.2 Å². The van der Waals surface area contributed by atoms with E-state index in [2.05, 4.69) is 15.0 Å². The summed E-state index contributed by atoms with van der Waals surface area (Å²) >= 11 is 1.12. The van der Waals surface area contributed by atoms with E-state index in [0.29, 0.717) is 32.6 Å². The van der Waals surface area contributed by atoms with Crippen molar-refractivity contribution in [3.05, 3.63) is 60.5 Å². The Morgan fingerprint density at radius 3 is 2.83 bits per heavy atom. The molecule has 1 unspecified atom stereocenters. The van der Waals surface area contributed by atoms with Crippen LogP contribution in [0.1, 0.15) is 12.8 Å². The van der Waals surface area contributed by atoms with E-state index in [1.165, 1.54) is 23.2 Å². The lowest BCUT2D eigenvalue weighted by atomic mass is 10.3. The Balaban J connectivity index is 1.39. The maximum absolute atomic E-state index is 13.3. The molecule has 2 aromatic carbocycles. The average Bonchev–Trinajstić information content (AvgIpc) is 3.45. The van der Waals surface area contributed by atoms with Crippen molar-refractivity contribution in [2.75, 3.05) is 17.3 Å². The van der Waals surface area contributed by atoms with Gasteiger partial charge in [-0.25, -0.2) is 23.1 Å². The second-order valence-corrected chi connectivity index (χ2v) is 8.93. The number of amides is 2. The smallest absolute Gasteiger partial charge is 0.327 e. The number of rotatable bonds is 7.